The lowest BCUT2D eigenvalue weighted by molar-refractivity contribution is -0.153. The van der Waals surface area contributed by atoms with Gasteiger partial charge in [-0.3, -0.25) is 10.3 Å². The number of hydrogen-bond donors (Lipinski definition) is 1. The first-order chi connectivity index (χ1) is 19.7. The Morgan fingerprint density at radius 2 is 1.88 bits per heavy atom. The molecule has 220 valence electrons. The number of methoxy groups -OCH3 is 1. The molecule has 1 aliphatic rings. The van der Waals surface area contributed by atoms with E-state index in [9.17, 15) is 23.2 Å². The molecule has 0 atom stereocenters. The van der Waals surface area contributed by atoms with Gasteiger partial charge in [-0.25, -0.2) is 13.6 Å². The minimum absolute atomic E-state index is 0.0594. The quantitative estimate of drug-likeness (QED) is 0.256. The van der Waals surface area contributed by atoms with Gasteiger partial charge in [0.1, 0.15) is 22.2 Å². The van der Waals surface area contributed by atoms with E-state index < -0.39 is 53.5 Å². The summed E-state index contributed by atoms with van der Waals surface area (Å²) in [5, 5.41) is 12.1. The smallest absolute Gasteiger partial charge is 0.422 e. The molecule has 10 nitrogen and oxygen atoms in total. The molecule has 0 saturated heterocycles. The molecule has 16 heteroatoms. The summed E-state index contributed by atoms with van der Waals surface area (Å²) >= 11 is 0.723. The average molecular weight is 610 g/mol. The molecule has 0 bridgehead atoms. The molecule has 1 N–H and O–H groups in total. The number of nitrogens with one attached hydrogen (secondary N) is 1. The number of pyridine rings is 1. The highest BCUT2D eigenvalue weighted by Crippen LogP contribution is 2.47. The van der Waals surface area contributed by atoms with Crippen molar-refractivity contribution in [3.05, 3.63) is 34.5 Å². The standard InChI is InChI=1S/C26H20F5N5O5S/c1-25(2,3)41-24(37)36-22-10(5-32)15-18(33-6-13(27)20(15)42-22)14-11-7-39-8-12(11)16-19(17(14)28)34-23(38-4)35-21(16)40-9-26(29,30)31/h6H,7-9H2,1-4H3,(H,36,37). The van der Waals surface area contributed by atoms with Crippen LogP contribution in [0.4, 0.5) is 31.7 Å². The highest BCUT2D eigenvalue weighted by atomic mass is 32.1. The van der Waals surface area contributed by atoms with Crippen LogP contribution >= 0.6 is 11.3 Å². The Labute approximate surface area is 238 Å². The zero-order valence-corrected chi connectivity index (χ0v) is 23.1. The van der Waals surface area contributed by atoms with E-state index in [4.69, 9.17) is 18.9 Å². The fourth-order valence-electron chi connectivity index (χ4n) is 4.42. The van der Waals surface area contributed by atoms with Crippen molar-refractivity contribution in [2.24, 2.45) is 0 Å². The third kappa shape index (κ3) is 5.32. The summed E-state index contributed by atoms with van der Waals surface area (Å²) < 4.78 is 91.0. The summed E-state index contributed by atoms with van der Waals surface area (Å²) in [6.07, 6.45) is -4.79. The number of rotatable bonds is 5. The van der Waals surface area contributed by atoms with Gasteiger partial charge in [-0.05, 0) is 31.9 Å². The van der Waals surface area contributed by atoms with Crippen molar-refractivity contribution in [3.8, 4) is 29.2 Å². The maximum Gasteiger partial charge on any atom is 0.422 e. The number of aromatic nitrogens is 3. The molecule has 4 aromatic rings. The number of amides is 1. The van der Waals surface area contributed by atoms with E-state index in [1.54, 1.807) is 20.8 Å². The van der Waals surface area contributed by atoms with E-state index in [1.807, 2.05) is 6.07 Å². The van der Waals surface area contributed by atoms with Gasteiger partial charge in [0.05, 0.1) is 47.9 Å². The second kappa shape index (κ2) is 10.5. The number of thiophene rings is 1. The Morgan fingerprint density at radius 1 is 1.17 bits per heavy atom. The van der Waals surface area contributed by atoms with Crippen molar-refractivity contribution in [1.82, 2.24) is 15.0 Å². The molecule has 0 saturated carbocycles. The van der Waals surface area contributed by atoms with Crippen LogP contribution in [-0.4, -0.2) is 46.5 Å². The van der Waals surface area contributed by atoms with E-state index in [0.29, 0.717) is 0 Å². The number of nitrogens with zero attached hydrogens (tertiary/aromatic N) is 4. The fourth-order valence-corrected chi connectivity index (χ4v) is 5.46. The van der Waals surface area contributed by atoms with E-state index in [2.05, 4.69) is 20.3 Å². The third-order valence-electron chi connectivity index (χ3n) is 5.93. The number of carbonyl (C=O) groups is 1. The molecular weight excluding hydrogens is 589 g/mol. The van der Waals surface area contributed by atoms with Gasteiger partial charge < -0.3 is 18.9 Å². The molecule has 1 aromatic carbocycles. The Hall–Kier alpha value is -4.36. The molecular formula is C26H20F5N5O5S. The summed E-state index contributed by atoms with van der Waals surface area (Å²) in [5.41, 5.74) is -1.54. The minimum atomic E-state index is -4.72. The van der Waals surface area contributed by atoms with E-state index >= 15 is 8.78 Å². The summed E-state index contributed by atoms with van der Waals surface area (Å²) in [6, 6.07) is 1.44. The molecule has 0 aliphatic carbocycles. The zero-order chi connectivity index (χ0) is 30.6. The van der Waals surface area contributed by atoms with Gasteiger partial charge in [0.15, 0.2) is 18.2 Å². The number of alkyl halides is 3. The van der Waals surface area contributed by atoms with Crippen LogP contribution in [0.1, 0.15) is 37.5 Å². The predicted molar refractivity (Wildman–Crippen MR) is 139 cm³/mol. The molecule has 0 fully saturated rings. The van der Waals surface area contributed by atoms with Crippen LogP contribution in [0.25, 0.3) is 32.2 Å². The van der Waals surface area contributed by atoms with Crippen molar-refractivity contribution < 1.29 is 45.7 Å². The second-order valence-corrected chi connectivity index (χ2v) is 11.0. The second-order valence-electron chi connectivity index (χ2n) is 9.99. The number of hydrogen-bond acceptors (Lipinski definition) is 10. The molecule has 1 amide bonds. The van der Waals surface area contributed by atoms with Crippen LogP contribution in [0, 0.1) is 23.0 Å². The van der Waals surface area contributed by atoms with Crippen LogP contribution in [0.3, 0.4) is 0 Å². The first kappa shape index (κ1) is 29.1. The topological polar surface area (TPSA) is 128 Å². The highest BCUT2D eigenvalue weighted by molar-refractivity contribution is 7.23. The maximum absolute atomic E-state index is 16.5. The van der Waals surface area contributed by atoms with E-state index in [-0.39, 0.29) is 61.6 Å². The molecule has 3 aromatic heterocycles. The Balaban J connectivity index is 1.77. The van der Waals surface area contributed by atoms with E-state index in [1.165, 1.54) is 0 Å². The molecule has 42 heavy (non-hydrogen) atoms. The van der Waals surface area contributed by atoms with Gasteiger partial charge in [-0.1, -0.05) is 0 Å². The summed E-state index contributed by atoms with van der Waals surface area (Å²) in [7, 11) is 1.14. The SMILES string of the molecule is COc1nc(OCC(F)(F)F)c2c3c(c(-c4ncc(F)c5sc(NC(=O)OC(C)(C)C)c(C#N)c45)c(F)c2n1)COC3. The van der Waals surface area contributed by atoms with Gasteiger partial charge in [-0.15, -0.1) is 11.3 Å². The number of nitriles is 1. The van der Waals surface area contributed by atoms with Crippen molar-refractivity contribution in [2.45, 2.75) is 45.8 Å². The number of benzene rings is 1. The molecule has 0 unspecified atom stereocenters. The Morgan fingerprint density at radius 3 is 2.52 bits per heavy atom. The maximum atomic E-state index is 16.5. The lowest BCUT2D eigenvalue weighted by Gasteiger charge is -2.19. The number of carbonyl (C=O) groups excluding carboxylic acids is 1. The van der Waals surface area contributed by atoms with Crippen LogP contribution in [0.2, 0.25) is 0 Å². The first-order valence-electron chi connectivity index (χ1n) is 12.1. The van der Waals surface area contributed by atoms with Gasteiger partial charge in [0, 0.05) is 10.9 Å². The first-order valence-corrected chi connectivity index (χ1v) is 12.9. The largest absolute Gasteiger partial charge is 0.467 e. The Kier molecular flexibility index (Phi) is 7.27. The lowest BCUT2D eigenvalue weighted by Crippen LogP contribution is -2.27. The van der Waals surface area contributed by atoms with Crippen molar-refractivity contribution >= 4 is 43.4 Å². The molecule has 0 radical (unpaired) electrons. The summed E-state index contributed by atoms with van der Waals surface area (Å²) in [6.45, 7) is 2.82. The monoisotopic (exact) mass is 609 g/mol. The van der Waals surface area contributed by atoms with Crippen molar-refractivity contribution in [1.29, 1.82) is 5.26 Å². The summed E-state index contributed by atoms with van der Waals surface area (Å²) in [4.78, 5) is 24.4. The van der Waals surface area contributed by atoms with Gasteiger partial charge in [0.25, 0.3) is 0 Å². The number of ether oxygens (including phenoxy) is 4. The van der Waals surface area contributed by atoms with E-state index in [0.717, 1.165) is 24.6 Å². The van der Waals surface area contributed by atoms with Crippen LogP contribution in [0.5, 0.6) is 11.9 Å². The Bertz CT molecular complexity index is 1800. The number of anilines is 1. The lowest BCUT2D eigenvalue weighted by atomic mass is 9.93. The number of halogens is 5. The molecule has 5 rings (SSSR count). The fraction of sp³-hybridized carbons (Fsp3) is 0.346. The summed E-state index contributed by atoms with van der Waals surface area (Å²) in [5.74, 6) is -2.48. The van der Waals surface area contributed by atoms with Gasteiger partial charge in [-0.2, -0.15) is 28.4 Å². The number of fused-ring (bicyclic) bond motifs is 4. The van der Waals surface area contributed by atoms with Crippen molar-refractivity contribution in [2.75, 3.05) is 19.0 Å². The van der Waals surface area contributed by atoms with Gasteiger partial charge >= 0.3 is 18.3 Å². The zero-order valence-electron chi connectivity index (χ0n) is 22.3. The van der Waals surface area contributed by atoms with Crippen molar-refractivity contribution in [3.63, 3.8) is 0 Å². The van der Waals surface area contributed by atoms with Crippen LogP contribution in [-0.2, 0) is 22.7 Å². The highest BCUT2D eigenvalue weighted by Gasteiger charge is 2.34. The molecule has 4 heterocycles. The molecule has 1 aliphatic heterocycles. The van der Waals surface area contributed by atoms with Crippen LogP contribution < -0.4 is 14.8 Å². The normalized spacial score (nSPS) is 13.2. The molecule has 0 spiro atoms. The minimum Gasteiger partial charge on any atom is -0.467 e. The average Bonchev–Trinajstić information content (AvgIpc) is 3.52. The predicted octanol–water partition coefficient (Wildman–Crippen LogP) is 6.38. The van der Waals surface area contributed by atoms with Gasteiger partial charge in [0.2, 0.25) is 5.88 Å². The van der Waals surface area contributed by atoms with Crippen LogP contribution in [0.15, 0.2) is 6.20 Å². The third-order valence-corrected chi connectivity index (χ3v) is 7.04.